The van der Waals surface area contributed by atoms with E-state index in [1.54, 1.807) is 0 Å². The number of hydrogen-bond donors (Lipinski definition) is 2. The van der Waals surface area contributed by atoms with Gasteiger partial charge in [-0.1, -0.05) is 12.1 Å². The van der Waals surface area contributed by atoms with Crippen molar-refractivity contribution in [2.24, 2.45) is 0 Å². The van der Waals surface area contributed by atoms with Crippen LogP contribution in [0.25, 0.3) is 0 Å². The molecule has 1 fully saturated rings. The van der Waals surface area contributed by atoms with Crippen LogP contribution in [0.15, 0.2) is 24.3 Å². The van der Waals surface area contributed by atoms with Gasteiger partial charge in [-0.25, -0.2) is 0 Å². The summed E-state index contributed by atoms with van der Waals surface area (Å²) in [4.78, 5) is 13.8. The zero-order chi connectivity index (χ0) is 10.8. The number of nitrogen functional groups attached to an aromatic ring is 1. The van der Waals surface area contributed by atoms with Crippen LogP contribution in [0, 0.1) is 0 Å². The third-order valence-corrected chi connectivity index (χ3v) is 2.71. The van der Waals surface area contributed by atoms with Crippen molar-refractivity contribution < 1.29 is 4.79 Å². The van der Waals surface area contributed by atoms with Crippen LogP contribution in [-0.2, 0) is 4.79 Å². The summed E-state index contributed by atoms with van der Waals surface area (Å²) in [5.41, 5.74) is 7.32. The first-order valence-corrected chi connectivity index (χ1v) is 5.02. The van der Waals surface area contributed by atoms with Gasteiger partial charge in [-0.3, -0.25) is 9.69 Å². The highest BCUT2D eigenvalue weighted by Crippen LogP contribution is 2.22. The van der Waals surface area contributed by atoms with Gasteiger partial charge in [0, 0.05) is 18.8 Å². The van der Waals surface area contributed by atoms with Gasteiger partial charge in [-0.05, 0) is 24.7 Å². The number of piperazine rings is 1. The number of anilines is 1. The average Bonchev–Trinajstić information content (AvgIpc) is 2.20. The molecule has 0 radical (unpaired) electrons. The quantitative estimate of drug-likeness (QED) is 0.651. The molecule has 0 aliphatic carbocycles. The Bertz CT molecular complexity index is 361. The first-order chi connectivity index (χ1) is 7.18. The Morgan fingerprint density at radius 1 is 1.40 bits per heavy atom. The highest BCUT2D eigenvalue weighted by Gasteiger charge is 2.27. The maximum Gasteiger partial charge on any atom is 0.241 e. The average molecular weight is 205 g/mol. The van der Waals surface area contributed by atoms with Gasteiger partial charge in [0.25, 0.3) is 0 Å². The molecule has 0 aromatic heterocycles. The third-order valence-electron chi connectivity index (χ3n) is 2.71. The summed E-state index contributed by atoms with van der Waals surface area (Å²) >= 11 is 0. The van der Waals surface area contributed by atoms with Crippen LogP contribution in [0.3, 0.4) is 0 Å². The van der Waals surface area contributed by atoms with E-state index >= 15 is 0 Å². The molecule has 0 spiro atoms. The topological polar surface area (TPSA) is 58.4 Å². The van der Waals surface area contributed by atoms with Crippen molar-refractivity contribution >= 4 is 11.6 Å². The number of nitrogens with zero attached hydrogens (tertiary/aromatic N) is 1. The first-order valence-electron chi connectivity index (χ1n) is 5.02. The summed E-state index contributed by atoms with van der Waals surface area (Å²) < 4.78 is 0. The van der Waals surface area contributed by atoms with Crippen molar-refractivity contribution in [1.29, 1.82) is 0 Å². The fourth-order valence-electron chi connectivity index (χ4n) is 1.87. The lowest BCUT2D eigenvalue weighted by Gasteiger charge is -2.32. The van der Waals surface area contributed by atoms with E-state index in [9.17, 15) is 4.79 Å². The predicted octanol–water partition coefficient (Wildman–Crippen LogP) is 0.371. The van der Waals surface area contributed by atoms with Crippen molar-refractivity contribution in [3.05, 3.63) is 29.8 Å². The number of rotatable bonds is 1. The third kappa shape index (κ3) is 1.94. The lowest BCUT2D eigenvalue weighted by atomic mass is 10.0. The Balaban J connectivity index is 2.27. The summed E-state index contributed by atoms with van der Waals surface area (Å²) in [6.07, 6.45) is 0. The minimum atomic E-state index is -0.181. The lowest BCUT2D eigenvalue weighted by Crippen LogP contribution is -2.48. The Labute approximate surface area is 89.1 Å². The standard InChI is InChI=1S/C11H15N3O/c1-14-7-6-13-11(15)10(14)8-2-4-9(12)5-3-8/h2-5,10H,6-7,12H2,1H3,(H,13,15)/t10-/m1/s1. The van der Waals surface area contributed by atoms with Crippen molar-refractivity contribution in [2.75, 3.05) is 25.9 Å². The summed E-state index contributed by atoms with van der Waals surface area (Å²) in [7, 11) is 1.96. The zero-order valence-corrected chi connectivity index (χ0v) is 8.73. The normalized spacial score (nSPS) is 22.5. The van der Waals surface area contributed by atoms with E-state index in [0.29, 0.717) is 0 Å². The molecule has 1 saturated heterocycles. The first kappa shape index (κ1) is 9.98. The number of hydrogen-bond acceptors (Lipinski definition) is 3. The van der Waals surface area contributed by atoms with Crippen molar-refractivity contribution in [2.45, 2.75) is 6.04 Å². The summed E-state index contributed by atoms with van der Waals surface area (Å²) in [5.74, 6) is 0.0634. The van der Waals surface area contributed by atoms with Crippen molar-refractivity contribution in [1.82, 2.24) is 10.2 Å². The molecule has 3 N–H and O–H groups in total. The fourth-order valence-corrected chi connectivity index (χ4v) is 1.87. The van der Waals surface area contributed by atoms with Crippen LogP contribution < -0.4 is 11.1 Å². The lowest BCUT2D eigenvalue weighted by molar-refractivity contribution is -0.128. The minimum absolute atomic E-state index is 0.0634. The summed E-state index contributed by atoms with van der Waals surface area (Å²) in [6.45, 7) is 1.60. The van der Waals surface area contributed by atoms with Crippen LogP contribution >= 0.6 is 0 Å². The molecule has 0 saturated carbocycles. The highest BCUT2D eigenvalue weighted by atomic mass is 16.2. The zero-order valence-electron chi connectivity index (χ0n) is 8.73. The highest BCUT2D eigenvalue weighted by molar-refractivity contribution is 5.83. The second kappa shape index (κ2) is 3.90. The van der Waals surface area contributed by atoms with Crippen LogP contribution in [0.4, 0.5) is 5.69 Å². The smallest absolute Gasteiger partial charge is 0.241 e. The second-order valence-electron chi connectivity index (χ2n) is 3.84. The molecule has 1 heterocycles. The van der Waals surface area contributed by atoms with E-state index in [2.05, 4.69) is 5.32 Å². The molecule has 2 rings (SSSR count). The minimum Gasteiger partial charge on any atom is -0.399 e. The van der Waals surface area contributed by atoms with Gasteiger partial charge in [0.15, 0.2) is 0 Å². The number of carbonyl (C=O) groups is 1. The van der Waals surface area contributed by atoms with Gasteiger partial charge >= 0.3 is 0 Å². The number of nitrogens with one attached hydrogen (secondary N) is 1. The largest absolute Gasteiger partial charge is 0.399 e. The molecular formula is C11H15N3O. The summed E-state index contributed by atoms with van der Waals surface area (Å²) in [6, 6.07) is 7.28. The molecule has 0 bridgehead atoms. The molecule has 1 aromatic carbocycles. The van der Waals surface area contributed by atoms with Gasteiger partial charge in [-0.15, -0.1) is 0 Å². The Kier molecular flexibility index (Phi) is 2.60. The Hall–Kier alpha value is -1.55. The van der Waals surface area contributed by atoms with E-state index in [4.69, 9.17) is 5.73 Å². The van der Waals surface area contributed by atoms with Gasteiger partial charge < -0.3 is 11.1 Å². The van der Waals surface area contributed by atoms with E-state index in [0.717, 1.165) is 24.3 Å². The van der Waals surface area contributed by atoms with Crippen molar-refractivity contribution in [3.8, 4) is 0 Å². The van der Waals surface area contributed by atoms with Gasteiger partial charge in [0.2, 0.25) is 5.91 Å². The SMILES string of the molecule is CN1CCNC(=O)[C@H]1c1ccc(N)cc1. The van der Waals surface area contributed by atoms with Gasteiger partial charge in [0.1, 0.15) is 6.04 Å². The van der Waals surface area contributed by atoms with Crippen LogP contribution in [0.1, 0.15) is 11.6 Å². The molecular weight excluding hydrogens is 190 g/mol. The van der Waals surface area contributed by atoms with Gasteiger partial charge in [0.05, 0.1) is 0 Å². The van der Waals surface area contributed by atoms with Crippen LogP contribution in [0.5, 0.6) is 0 Å². The number of carbonyl (C=O) groups excluding carboxylic acids is 1. The number of benzene rings is 1. The molecule has 15 heavy (non-hydrogen) atoms. The molecule has 1 aliphatic heterocycles. The van der Waals surface area contributed by atoms with Gasteiger partial charge in [-0.2, -0.15) is 0 Å². The molecule has 1 aliphatic rings. The molecule has 4 heteroatoms. The molecule has 1 amide bonds. The number of likely N-dealkylation sites (N-methyl/N-ethyl adjacent to an activating group) is 1. The molecule has 1 aromatic rings. The molecule has 1 atom stereocenters. The predicted molar refractivity (Wildman–Crippen MR) is 59.2 cm³/mol. The van der Waals surface area contributed by atoms with Crippen LogP contribution in [0.2, 0.25) is 0 Å². The fraction of sp³-hybridized carbons (Fsp3) is 0.364. The maximum absolute atomic E-state index is 11.7. The Morgan fingerprint density at radius 2 is 2.07 bits per heavy atom. The van der Waals surface area contributed by atoms with E-state index in [-0.39, 0.29) is 11.9 Å². The van der Waals surface area contributed by atoms with E-state index < -0.39 is 0 Å². The van der Waals surface area contributed by atoms with Crippen LogP contribution in [-0.4, -0.2) is 30.9 Å². The maximum atomic E-state index is 11.7. The molecule has 80 valence electrons. The number of amides is 1. The van der Waals surface area contributed by atoms with E-state index in [1.165, 1.54) is 0 Å². The Morgan fingerprint density at radius 3 is 2.67 bits per heavy atom. The molecule has 0 unspecified atom stereocenters. The number of nitrogens with two attached hydrogens (primary N) is 1. The monoisotopic (exact) mass is 205 g/mol. The second-order valence-corrected chi connectivity index (χ2v) is 3.84. The van der Waals surface area contributed by atoms with Crippen molar-refractivity contribution in [3.63, 3.8) is 0 Å². The molecule has 4 nitrogen and oxygen atoms in total. The van der Waals surface area contributed by atoms with E-state index in [1.807, 2.05) is 36.2 Å². The summed E-state index contributed by atoms with van der Waals surface area (Å²) in [5, 5.41) is 2.86.